The molecule has 0 aromatic rings. The second kappa shape index (κ2) is 13.9. The molecule has 1 unspecified atom stereocenters. The molecule has 0 aliphatic carbocycles. The SMILES string of the molecule is C/C=C(\C)CC(CCCCCC)(C/C(C)=C/CC)/C(=C/NC)NC(C)C. The predicted octanol–water partition coefficient (Wildman–Crippen LogP) is 7.10. The summed E-state index contributed by atoms with van der Waals surface area (Å²) < 4.78 is 0. The highest BCUT2D eigenvalue weighted by molar-refractivity contribution is 5.22. The molecule has 2 heteroatoms. The smallest absolute Gasteiger partial charge is 0.0337 e. The minimum absolute atomic E-state index is 0.146. The molecule has 0 aromatic carbocycles. The maximum absolute atomic E-state index is 3.78. The number of hydrogen-bond acceptors (Lipinski definition) is 2. The molecule has 0 bridgehead atoms. The molecule has 2 N–H and O–H groups in total. The van der Waals surface area contributed by atoms with E-state index >= 15 is 0 Å². The Kier molecular flexibility index (Phi) is 13.3. The van der Waals surface area contributed by atoms with Crippen LogP contribution in [0.4, 0.5) is 0 Å². The van der Waals surface area contributed by atoms with Gasteiger partial charge in [0.05, 0.1) is 0 Å². The van der Waals surface area contributed by atoms with E-state index in [0.717, 1.165) is 19.3 Å². The lowest BCUT2D eigenvalue weighted by atomic mass is 9.70. The van der Waals surface area contributed by atoms with Crippen LogP contribution >= 0.6 is 0 Å². The van der Waals surface area contributed by atoms with Crippen molar-refractivity contribution in [2.24, 2.45) is 5.41 Å². The minimum Gasteiger partial charge on any atom is -0.393 e. The van der Waals surface area contributed by atoms with Gasteiger partial charge < -0.3 is 10.6 Å². The summed E-state index contributed by atoms with van der Waals surface area (Å²) in [4.78, 5) is 0. The van der Waals surface area contributed by atoms with E-state index in [0.29, 0.717) is 6.04 Å². The van der Waals surface area contributed by atoms with Gasteiger partial charge in [0.15, 0.2) is 0 Å². The highest BCUT2D eigenvalue weighted by Gasteiger charge is 2.34. The molecule has 0 saturated heterocycles. The molecule has 0 heterocycles. The molecule has 0 aromatic heterocycles. The van der Waals surface area contributed by atoms with Gasteiger partial charge in [0.25, 0.3) is 0 Å². The van der Waals surface area contributed by atoms with Crippen molar-refractivity contribution >= 4 is 0 Å². The molecule has 0 spiro atoms. The Labute approximate surface area is 164 Å². The van der Waals surface area contributed by atoms with E-state index in [1.54, 1.807) is 0 Å². The van der Waals surface area contributed by atoms with Crippen LogP contribution in [0.15, 0.2) is 35.2 Å². The molecular weight excluding hydrogens is 316 g/mol. The van der Waals surface area contributed by atoms with E-state index < -0.39 is 0 Å². The minimum atomic E-state index is 0.146. The van der Waals surface area contributed by atoms with Crippen molar-refractivity contribution in [3.05, 3.63) is 35.2 Å². The molecule has 152 valence electrons. The summed E-state index contributed by atoms with van der Waals surface area (Å²) in [6.45, 7) is 15.8. The Morgan fingerprint density at radius 3 is 2.15 bits per heavy atom. The van der Waals surface area contributed by atoms with Crippen LogP contribution < -0.4 is 10.6 Å². The maximum atomic E-state index is 3.78. The summed E-state index contributed by atoms with van der Waals surface area (Å²) in [6.07, 6.45) is 16.8. The Balaban J connectivity index is 5.93. The second-order valence-corrected chi connectivity index (χ2v) is 8.18. The summed E-state index contributed by atoms with van der Waals surface area (Å²) in [7, 11) is 2.01. The average molecular weight is 363 g/mol. The van der Waals surface area contributed by atoms with Gasteiger partial charge in [-0.2, -0.15) is 0 Å². The van der Waals surface area contributed by atoms with E-state index in [-0.39, 0.29) is 5.41 Å². The van der Waals surface area contributed by atoms with Crippen molar-refractivity contribution in [2.45, 2.75) is 106 Å². The van der Waals surface area contributed by atoms with Gasteiger partial charge in [0.1, 0.15) is 0 Å². The van der Waals surface area contributed by atoms with Crippen LogP contribution in [0.25, 0.3) is 0 Å². The molecule has 0 rings (SSSR count). The third-order valence-electron chi connectivity index (χ3n) is 5.09. The Hall–Kier alpha value is -1.18. The molecule has 0 radical (unpaired) electrons. The summed E-state index contributed by atoms with van der Waals surface area (Å²) in [6, 6.07) is 0.436. The second-order valence-electron chi connectivity index (χ2n) is 8.18. The van der Waals surface area contributed by atoms with Crippen molar-refractivity contribution in [2.75, 3.05) is 7.05 Å². The molecule has 0 amide bonds. The quantitative estimate of drug-likeness (QED) is 0.254. The van der Waals surface area contributed by atoms with Gasteiger partial charge >= 0.3 is 0 Å². The number of unbranched alkanes of at least 4 members (excludes halogenated alkanes) is 3. The van der Waals surface area contributed by atoms with Crippen LogP contribution in [-0.4, -0.2) is 13.1 Å². The summed E-state index contributed by atoms with van der Waals surface area (Å²) in [5, 5.41) is 7.10. The van der Waals surface area contributed by atoms with Crippen molar-refractivity contribution < 1.29 is 0 Å². The predicted molar refractivity (Wildman–Crippen MR) is 119 cm³/mol. The first-order chi connectivity index (χ1) is 12.3. The van der Waals surface area contributed by atoms with Gasteiger partial charge in [-0.1, -0.05) is 62.8 Å². The summed E-state index contributed by atoms with van der Waals surface area (Å²) in [5.74, 6) is 0. The lowest BCUT2D eigenvalue weighted by Gasteiger charge is -2.39. The van der Waals surface area contributed by atoms with Crippen LogP contribution in [0.1, 0.15) is 99.8 Å². The van der Waals surface area contributed by atoms with Gasteiger partial charge in [-0.05, 0) is 60.3 Å². The molecule has 0 aliphatic rings. The zero-order valence-electron chi connectivity index (χ0n) is 19.0. The van der Waals surface area contributed by atoms with E-state index in [2.05, 4.69) is 77.5 Å². The standard InChI is InChI=1S/C24H46N2/c1-9-12-13-14-16-24(17-21(6)11-3,18-22(7)15-10-2)23(19-25-8)26-20(4)5/h11,15,19-20,25-26H,9-10,12-14,16-18H2,1-8H3/b21-11+,22-15+,23-19-. The summed E-state index contributed by atoms with van der Waals surface area (Å²) in [5.41, 5.74) is 4.52. The number of hydrogen-bond donors (Lipinski definition) is 2. The summed E-state index contributed by atoms with van der Waals surface area (Å²) >= 11 is 0. The third kappa shape index (κ3) is 9.50. The fourth-order valence-electron chi connectivity index (χ4n) is 3.85. The number of allylic oxidation sites excluding steroid dienone is 5. The van der Waals surface area contributed by atoms with Gasteiger partial charge in [0, 0.05) is 30.4 Å². The zero-order chi connectivity index (χ0) is 20.0. The Morgan fingerprint density at radius 1 is 1.00 bits per heavy atom. The Bertz CT molecular complexity index is 457. The van der Waals surface area contributed by atoms with Crippen molar-refractivity contribution in [3.63, 3.8) is 0 Å². The molecule has 26 heavy (non-hydrogen) atoms. The van der Waals surface area contributed by atoms with Crippen molar-refractivity contribution in [1.29, 1.82) is 0 Å². The Morgan fingerprint density at radius 2 is 1.65 bits per heavy atom. The molecule has 0 saturated carbocycles. The van der Waals surface area contributed by atoms with Gasteiger partial charge in [-0.15, -0.1) is 0 Å². The molecule has 1 atom stereocenters. The topological polar surface area (TPSA) is 24.1 Å². The monoisotopic (exact) mass is 362 g/mol. The first kappa shape index (κ1) is 24.8. The van der Waals surface area contributed by atoms with Gasteiger partial charge in [-0.25, -0.2) is 0 Å². The van der Waals surface area contributed by atoms with Crippen LogP contribution in [0.2, 0.25) is 0 Å². The van der Waals surface area contributed by atoms with Crippen molar-refractivity contribution in [3.8, 4) is 0 Å². The van der Waals surface area contributed by atoms with Crippen molar-refractivity contribution in [1.82, 2.24) is 10.6 Å². The third-order valence-corrected chi connectivity index (χ3v) is 5.09. The highest BCUT2D eigenvalue weighted by atomic mass is 15.0. The fourth-order valence-corrected chi connectivity index (χ4v) is 3.85. The lowest BCUT2D eigenvalue weighted by Crippen LogP contribution is -2.37. The number of rotatable bonds is 14. The first-order valence-corrected chi connectivity index (χ1v) is 10.8. The van der Waals surface area contributed by atoms with Gasteiger partial charge in [0.2, 0.25) is 0 Å². The van der Waals surface area contributed by atoms with Crippen LogP contribution in [0.3, 0.4) is 0 Å². The first-order valence-electron chi connectivity index (χ1n) is 10.8. The van der Waals surface area contributed by atoms with Crippen LogP contribution in [-0.2, 0) is 0 Å². The fraction of sp³-hybridized carbons (Fsp3) is 0.750. The van der Waals surface area contributed by atoms with Gasteiger partial charge in [-0.3, -0.25) is 0 Å². The van der Waals surface area contributed by atoms with Crippen LogP contribution in [0, 0.1) is 5.41 Å². The average Bonchev–Trinajstić information content (AvgIpc) is 2.57. The largest absolute Gasteiger partial charge is 0.393 e. The lowest BCUT2D eigenvalue weighted by molar-refractivity contribution is 0.279. The maximum Gasteiger partial charge on any atom is 0.0337 e. The molecular formula is C24H46N2. The van der Waals surface area contributed by atoms with E-state index in [1.165, 1.54) is 48.9 Å². The molecule has 0 fully saturated rings. The van der Waals surface area contributed by atoms with Crippen LogP contribution in [0.5, 0.6) is 0 Å². The molecule has 2 nitrogen and oxygen atoms in total. The number of nitrogens with one attached hydrogen (secondary N) is 2. The zero-order valence-corrected chi connectivity index (χ0v) is 19.0. The molecule has 0 aliphatic heterocycles. The normalized spacial score (nSPS) is 16.0. The van der Waals surface area contributed by atoms with E-state index in [1.807, 2.05) is 7.05 Å². The highest BCUT2D eigenvalue weighted by Crippen LogP contribution is 2.44. The van der Waals surface area contributed by atoms with E-state index in [4.69, 9.17) is 0 Å². The van der Waals surface area contributed by atoms with E-state index in [9.17, 15) is 0 Å².